The normalized spacial score (nSPS) is 22.8. The minimum Gasteiger partial charge on any atom is -0.481 e. The maximum Gasteiger partial charge on any atom is 0.224 e. The average Bonchev–Trinajstić information content (AvgIpc) is 2.82. The number of nitrogens with two attached hydrogens (primary N) is 1. The Morgan fingerprint density at radius 2 is 2.44 bits per heavy atom. The molecule has 0 bridgehead atoms. The molecule has 2 atom stereocenters. The first-order valence-corrected chi connectivity index (χ1v) is 6.23. The van der Waals surface area contributed by atoms with Gasteiger partial charge < -0.3 is 15.8 Å². The fourth-order valence-electron chi connectivity index (χ4n) is 2.37. The van der Waals surface area contributed by atoms with Crippen molar-refractivity contribution < 1.29 is 9.53 Å². The van der Waals surface area contributed by atoms with Crippen LogP contribution in [0.4, 0.5) is 0 Å². The van der Waals surface area contributed by atoms with Crippen LogP contribution in [-0.4, -0.2) is 24.0 Å². The van der Waals surface area contributed by atoms with E-state index in [1.54, 1.807) is 13.3 Å². The van der Waals surface area contributed by atoms with Crippen molar-refractivity contribution in [3.05, 3.63) is 23.9 Å². The van der Waals surface area contributed by atoms with Gasteiger partial charge in [0.05, 0.1) is 13.0 Å². The van der Waals surface area contributed by atoms with Gasteiger partial charge in [0.1, 0.15) is 0 Å². The summed E-state index contributed by atoms with van der Waals surface area (Å²) in [5.74, 6) is 0.534. The first-order chi connectivity index (χ1) is 8.72. The highest BCUT2D eigenvalue weighted by atomic mass is 16.5. The Morgan fingerprint density at radius 3 is 3.11 bits per heavy atom. The largest absolute Gasteiger partial charge is 0.481 e. The van der Waals surface area contributed by atoms with Gasteiger partial charge in [-0.15, -0.1) is 0 Å². The molecule has 5 heteroatoms. The molecule has 1 heterocycles. The second-order valence-electron chi connectivity index (χ2n) is 4.59. The Hall–Kier alpha value is -1.62. The summed E-state index contributed by atoms with van der Waals surface area (Å²) in [7, 11) is 1.57. The molecule has 0 saturated heterocycles. The van der Waals surface area contributed by atoms with E-state index in [1.165, 1.54) is 0 Å². The highest BCUT2D eigenvalue weighted by Crippen LogP contribution is 2.24. The van der Waals surface area contributed by atoms with Crippen molar-refractivity contribution in [2.75, 3.05) is 7.11 Å². The van der Waals surface area contributed by atoms with Crippen LogP contribution in [-0.2, 0) is 11.3 Å². The molecule has 1 saturated carbocycles. The molecule has 1 aliphatic carbocycles. The first-order valence-electron chi connectivity index (χ1n) is 6.23. The van der Waals surface area contributed by atoms with Crippen LogP contribution >= 0.6 is 0 Å². The number of hydrogen-bond donors (Lipinski definition) is 2. The third kappa shape index (κ3) is 2.79. The molecule has 5 nitrogen and oxygen atoms in total. The predicted molar refractivity (Wildman–Crippen MR) is 68.0 cm³/mol. The van der Waals surface area contributed by atoms with Gasteiger partial charge in [0.15, 0.2) is 0 Å². The van der Waals surface area contributed by atoms with Crippen LogP contribution in [0.15, 0.2) is 18.3 Å². The SMILES string of the molecule is COc1ncccc1CNC(=O)C1CCCC1N. The average molecular weight is 249 g/mol. The van der Waals surface area contributed by atoms with Crippen LogP contribution in [0.25, 0.3) is 0 Å². The molecule has 3 N–H and O–H groups in total. The third-order valence-corrected chi connectivity index (χ3v) is 3.40. The van der Waals surface area contributed by atoms with Crippen LogP contribution in [0.2, 0.25) is 0 Å². The number of nitrogens with zero attached hydrogens (tertiary/aromatic N) is 1. The monoisotopic (exact) mass is 249 g/mol. The molecule has 0 aromatic carbocycles. The van der Waals surface area contributed by atoms with Gasteiger partial charge in [0.25, 0.3) is 0 Å². The van der Waals surface area contributed by atoms with Crippen molar-refractivity contribution in [2.45, 2.75) is 31.8 Å². The summed E-state index contributed by atoms with van der Waals surface area (Å²) in [5.41, 5.74) is 6.78. The molecule has 0 radical (unpaired) electrons. The van der Waals surface area contributed by atoms with Crippen molar-refractivity contribution in [3.63, 3.8) is 0 Å². The van der Waals surface area contributed by atoms with Gasteiger partial charge in [0, 0.05) is 24.3 Å². The van der Waals surface area contributed by atoms with Crippen molar-refractivity contribution in [3.8, 4) is 5.88 Å². The van der Waals surface area contributed by atoms with E-state index >= 15 is 0 Å². The molecule has 1 aromatic rings. The molecular weight excluding hydrogens is 230 g/mol. The molecule has 1 aromatic heterocycles. The number of pyridine rings is 1. The maximum atomic E-state index is 12.0. The summed E-state index contributed by atoms with van der Waals surface area (Å²) in [6, 6.07) is 3.72. The molecule has 2 rings (SSSR count). The van der Waals surface area contributed by atoms with Gasteiger partial charge in [-0.25, -0.2) is 4.98 Å². The molecule has 1 fully saturated rings. The molecule has 1 amide bonds. The number of carbonyl (C=O) groups excluding carboxylic acids is 1. The number of aromatic nitrogens is 1. The van der Waals surface area contributed by atoms with Gasteiger partial charge in [-0.1, -0.05) is 12.5 Å². The first kappa shape index (κ1) is 12.8. The Kier molecular flexibility index (Phi) is 4.15. The van der Waals surface area contributed by atoms with Gasteiger partial charge in [-0.05, 0) is 18.9 Å². The number of rotatable bonds is 4. The van der Waals surface area contributed by atoms with Crippen LogP contribution in [0.1, 0.15) is 24.8 Å². The van der Waals surface area contributed by atoms with Gasteiger partial charge >= 0.3 is 0 Å². The lowest BCUT2D eigenvalue weighted by Crippen LogP contribution is -2.38. The summed E-state index contributed by atoms with van der Waals surface area (Å²) in [6.07, 6.45) is 4.53. The second kappa shape index (κ2) is 5.82. The van der Waals surface area contributed by atoms with E-state index in [-0.39, 0.29) is 17.9 Å². The minimum atomic E-state index is -0.0485. The summed E-state index contributed by atoms with van der Waals surface area (Å²) < 4.78 is 5.14. The molecular formula is C13H19N3O2. The van der Waals surface area contributed by atoms with Crippen LogP contribution in [0.5, 0.6) is 5.88 Å². The van der Waals surface area contributed by atoms with Crippen LogP contribution in [0, 0.1) is 5.92 Å². The van der Waals surface area contributed by atoms with Gasteiger partial charge in [-0.3, -0.25) is 4.79 Å². The van der Waals surface area contributed by atoms with Crippen LogP contribution in [0.3, 0.4) is 0 Å². The van der Waals surface area contributed by atoms with E-state index < -0.39 is 0 Å². The number of nitrogens with one attached hydrogen (secondary N) is 1. The molecule has 0 spiro atoms. The fourth-order valence-corrected chi connectivity index (χ4v) is 2.37. The molecule has 2 unspecified atom stereocenters. The van der Waals surface area contributed by atoms with Crippen molar-refractivity contribution >= 4 is 5.91 Å². The summed E-state index contributed by atoms with van der Waals surface area (Å²) >= 11 is 0. The standard InChI is InChI=1S/C13H19N3O2/c1-18-13-9(4-3-7-15-13)8-16-12(17)10-5-2-6-11(10)14/h3-4,7,10-11H,2,5-6,8,14H2,1H3,(H,16,17). The second-order valence-corrected chi connectivity index (χ2v) is 4.59. The zero-order valence-corrected chi connectivity index (χ0v) is 10.6. The lowest BCUT2D eigenvalue weighted by molar-refractivity contribution is -0.125. The zero-order chi connectivity index (χ0) is 13.0. The van der Waals surface area contributed by atoms with Gasteiger partial charge in [-0.2, -0.15) is 0 Å². The minimum absolute atomic E-state index is 0.000735. The summed E-state index contributed by atoms with van der Waals surface area (Å²) in [5, 5.41) is 2.91. The Balaban J connectivity index is 1.93. The van der Waals surface area contributed by atoms with Crippen molar-refractivity contribution in [1.82, 2.24) is 10.3 Å². The Bertz CT molecular complexity index is 422. The van der Waals surface area contributed by atoms with E-state index in [4.69, 9.17) is 10.5 Å². The van der Waals surface area contributed by atoms with E-state index in [2.05, 4.69) is 10.3 Å². The lowest BCUT2D eigenvalue weighted by atomic mass is 10.0. The highest BCUT2D eigenvalue weighted by Gasteiger charge is 2.29. The molecule has 18 heavy (non-hydrogen) atoms. The number of ether oxygens (including phenoxy) is 1. The maximum absolute atomic E-state index is 12.0. The number of amides is 1. The van der Waals surface area contributed by atoms with Gasteiger partial charge in [0.2, 0.25) is 11.8 Å². The number of methoxy groups -OCH3 is 1. The smallest absolute Gasteiger partial charge is 0.224 e. The molecule has 0 aliphatic heterocycles. The number of carbonyl (C=O) groups is 1. The zero-order valence-electron chi connectivity index (χ0n) is 10.6. The van der Waals surface area contributed by atoms with E-state index in [9.17, 15) is 4.79 Å². The van der Waals surface area contributed by atoms with Crippen LogP contribution < -0.4 is 15.8 Å². The fraction of sp³-hybridized carbons (Fsp3) is 0.538. The van der Waals surface area contributed by atoms with Crippen molar-refractivity contribution in [1.29, 1.82) is 0 Å². The molecule has 1 aliphatic rings. The Morgan fingerprint density at radius 1 is 1.61 bits per heavy atom. The molecule has 98 valence electrons. The highest BCUT2D eigenvalue weighted by molar-refractivity contribution is 5.79. The lowest BCUT2D eigenvalue weighted by Gasteiger charge is -2.15. The van der Waals surface area contributed by atoms with E-state index in [1.807, 2.05) is 12.1 Å². The topological polar surface area (TPSA) is 77.2 Å². The van der Waals surface area contributed by atoms with Crippen molar-refractivity contribution in [2.24, 2.45) is 11.7 Å². The number of hydrogen-bond acceptors (Lipinski definition) is 4. The van der Waals surface area contributed by atoms with E-state index in [0.29, 0.717) is 12.4 Å². The third-order valence-electron chi connectivity index (χ3n) is 3.40. The Labute approximate surface area is 107 Å². The quantitative estimate of drug-likeness (QED) is 0.828. The van der Waals surface area contributed by atoms with E-state index in [0.717, 1.165) is 24.8 Å². The summed E-state index contributed by atoms with van der Waals surface area (Å²) in [4.78, 5) is 16.1. The predicted octanol–water partition coefficient (Wildman–Crippen LogP) is 0.834. The summed E-state index contributed by atoms with van der Waals surface area (Å²) in [6.45, 7) is 0.430.